The van der Waals surface area contributed by atoms with Gasteiger partial charge in [0.2, 0.25) is 0 Å². The van der Waals surface area contributed by atoms with E-state index in [1.54, 1.807) is 10.6 Å². The zero-order chi connectivity index (χ0) is 13.0. The van der Waals surface area contributed by atoms with Gasteiger partial charge in [-0.2, -0.15) is 0 Å². The lowest BCUT2D eigenvalue weighted by molar-refractivity contribution is 0.895. The Morgan fingerprint density at radius 2 is 1.89 bits per heavy atom. The Balaban J connectivity index is 2.30. The normalized spacial score (nSPS) is 10.5. The zero-order valence-electron chi connectivity index (χ0n) is 9.97. The molecule has 1 aromatic heterocycles. The molecule has 2 nitrogen and oxygen atoms in total. The summed E-state index contributed by atoms with van der Waals surface area (Å²) in [6.45, 7) is 0. The average Bonchev–Trinajstić information content (AvgIpc) is 2.38. The highest BCUT2D eigenvalue weighted by Gasteiger charge is 2.01. The summed E-state index contributed by atoms with van der Waals surface area (Å²) in [5.74, 6) is 0. The van der Waals surface area contributed by atoms with Gasteiger partial charge < -0.3 is 0 Å². The van der Waals surface area contributed by atoms with Gasteiger partial charge in [-0.05, 0) is 42.3 Å². The van der Waals surface area contributed by atoms with Crippen molar-refractivity contribution in [1.82, 2.24) is 4.57 Å². The highest BCUT2D eigenvalue weighted by atomic mass is 79.9. The fourth-order valence-electron chi connectivity index (χ4n) is 1.80. The van der Waals surface area contributed by atoms with Crippen molar-refractivity contribution in [1.29, 1.82) is 0 Å². The van der Waals surface area contributed by atoms with Crippen molar-refractivity contribution in [2.45, 2.75) is 19.2 Å². The minimum atomic E-state index is -0.00755. The fourth-order valence-corrected chi connectivity index (χ4v) is 2.06. The van der Waals surface area contributed by atoms with Gasteiger partial charge in [0, 0.05) is 22.4 Å². The van der Waals surface area contributed by atoms with E-state index in [9.17, 15) is 4.79 Å². The molecule has 2 radical (unpaired) electrons. The second-order valence-corrected chi connectivity index (χ2v) is 5.03. The van der Waals surface area contributed by atoms with Crippen LogP contribution < -0.4 is 5.56 Å². The van der Waals surface area contributed by atoms with Crippen LogP contribution >= 0.6 is 15.9 Å². The van der Waals surface area contributed by atoms with Crippen molar-refractivity contribution in [2.75, 3.05) is 0 Å². The van der Waals surface area contributed by atoms with Gasteiger partial charge in [0.1, 0.15) is 0 Å². The average molecular weight is 302 g/mol. The van der Waals surface area contributed by atoms with E-state index in [0.29, 0.717) is 6.32 Å². The highest BCUT2D eigenvalue weighted by molar-refractivity contribution is 9.10. The first kappa shape index (κ1) is 13.2. The number of rotatable bonds is 4. The van der Waals surface area contributed by atoms with E-state index < -0.39 is 0 Å². The summed E-state index contributed by atoms with van der Waals surface area (Å²) in [5.41, 5.74) is 1.90. The van der Waals surface area contributed by atoms with Crippen LogP contribution in [-0.2, 0) is 6.42 Å². The molecular formula is C14H13BBrNO. The quantitative estimate of drug-likeness (QED) is 0.795. The SMILES string of the molecule is [B]CCCc1ccn(-c2ccc(Br)cc2)c(=O)c1. The second kappa shape index (κ2) is 6.05. The molecule has 0 unspecified atom stereocenters. The van der Waals surface area contributed by atoms with E-state index in [4.69, 9.17) is 7.85 Å². The molecule has 0 saturated heterocycles. The molecule has 2 rings (SSSR count). The molecule has 0 aliphatic rings. The van der Waals surface area contributed by atoms with Crippen LogP contribution in [0.1, 0.15) is 12.0 Å². The lowest BCUT2D eigenvalue weighted by Gasteiger charge is -2.07. The van der Waals surface area contributed by atoms with Crippen LogP contribution in [0.2, 0.25) is 6.32 Å². The first-order valence-electron chi connectivity index (χ1n) is 5.88. The Labute approximate surface area is 116 Å². The van der Waals surface area contributed by atoms with Gasteiger partial charge in [-0.15, -0.1) is 0 Å². The van der Waals surface area contributed by atoms with Crippen LogP contribution in [0.4, 0.5) is 0 Å². The van der Waals surface area contributed by atoms with Gasteiger partial charge in [0.15, 0.2) is 0 Å². The fraction of sp³-hybridized carbons (Fsp3) is 0.214. The first-order valence-corrected chi connectivity index (χ1v) is 6.67. The minimum Gasteiger partial charge on any atom is -0.284 e. The summed E-state index contributed by atoms with van der Waals surface area (Å²) in [7, 11) is 5.46. The predicted octanol–water partition coefficient (Wildman–Crippen LogP) is 3.12. The van der Waals surface area contributed by atoms with E-state index in [1.165, 1.54) is 0 Å². The molecule has 1 aromatic carbocycles. The van der Waals surface area contributed by atoms with Crippen molar-refractivity contribution in [2.24, 2.45) is 0 Å². The molecule has 0 atom stereocenters. The third-order valence-corrected chi connectivity index (χ3v) is 3.29. The van der Waals surface area contributed by atoms with E-state index in [2.05, 4.69) is 15.9 Å². The molecule has 4 heteroatoms. The lowest BCUT2D eigenvalue weighted by atomic mass is 9.98. The van der Waals surface area contributed by atoms with Crippen molar-refractivity contribution in [3.8, 4) is 5.69 Å². The Kier molecular flexibility index (Phi) is 4.42. The molecule has 0 fully saturated rings. The Bertz CT molecular complexity index is 577. The van der Waals surface area contributed by atoms with Crippen LogP contribution in [0.3, 0.4) is 0 Å². The molecule has 90 valence electrons. The lowest BCUT2D eigenvalue weighted by Crippen LogP contribution is -2.17. The van der Waals surface area contributed by atoms with Crippen molar-refractivity contribution >= 4 is 23.8 Å². The van der Waals surface area contributed by atoms with Gasteiger partial charge in [-0.1, -0.05) is 28.7 Å². The van der Waals surface area contributed by atoms with E-state index >= 15 is 0 Å². The molecule has 0 saturated carbocycles. The summed E-state index contributed by atoms with van der Waals surface area (Å²) < 4.78 is 2.64. The molecule has 0 spiro atoms. The maximum Gasteiger partial charge on any atom is 0.255 e. The molecule has 0 bridgehead atoms. The highest BCUT2D eigenvalue weighted by Crippen LogP contribution is 2.13. The topological polar surface area (TPSA) is 22.0 Å². The summed E-state index contributed by atoms with van der Waals surface area (Å²) in [6.07, 6.45) is 4.22. The van der Waals surface area contributed by atoms with Crippen molar-refractivity contribution in [3.05, 3.63) is 63.0 Å². The third kappa shape index (κ3) is 3.13. The van der Waals surface area contributed by atoms with Crippen LogP contribution in [-0.4, -0.2) is 12.4 Å². The first-order chi connectivity index (χ1) is 8.70. The number of aromatic nitrogens is 1. The van der Waals surface area contributed by atoms with Crippen LogP contribution in [0, 0.1) is 0 Å². The number of aryl methyl sites for hydroxylation is 1. The van der Waals surface area contributed by atoms with Crippen LogP contribution in [0.15, 0.2) is 51.9 Å². The molecule has 1 heterocycles. The van der Waals surface area contributed by atoms with Gasteiger partial charge in [0.25, 0.3) is 5.56 Å². The van der Waals surface area contributed by atoms with Crippen molar-refractivity contribution in [3.63, 3.8) is 0 Å². The van der Waals surface area contributed by atoms with Crippen LogP contribution in [0.25, 0.3) is 5.69 Å². The molecule has 0 amide bonds. The Morgan fingerprint density at radius 3 is 2.50 bits per heavy atom. The summed E-state index contributed by atoms with van der Waals surface area (Å²) in [5, 5.41) is 0. The third-order valence-electron chi connectivity index (χ3n) is 2.76. The molecular weight excluding hydrogens is 289 g/mol. The summed E-state index contributed by atoms with van der Waals surface area (Å²) in [4.78, 5) is 12.0. The Hall–Kier alpha value is -1.29. The van der Waals surface area contributed by atoms with E-state index in [-0.39, 0.29) is 5.56 Å². The number of nitrogens with zero attached hydrogens (tertiary/aromatic N) is 1. The van der Waals surface area contributed by atoms with Gasteiger partial charge in [-0.3, -0.25) is 9.36 Å². The second-order valence-electron chi connectivity index (χ2n) is 4.11. The smallest absolute Gasteiger partial charge is 0.255 e. The van der Waals surface area contributed by atoms with Crippen molar-refractivity contribution < 1.29 is 0 Å². The minimum absolute atomic E-state index is 0.00755. The monoisotopic (exact) mass is 301 g/mol. The molecule has 2 aromatic rings. The largest absolute Gasteiger partial charge is 0.284 e. The van der Waals surface area contributed by atoms with Crippen LogP contribution in [0.5, 0.6) is 0 Å². The number of hydrogen-bond acceptors (Lipinski definition) is 1. The molecule has 18 heavy (non-hydrogen) atoms. The maximum atomic E-state index is 12.0. The maximum absolute atomic E-state index is 12.0. The van der Waals surface area contributed by atoms with E-state index in [0.717, 1.165) is 28.6 Å². The van der Waals surface area contributed by atoms with E-state index in [1.807, 2.05) is 36.5 Å². The number of halogens is 1. The molecule has 0 aliphatic carbocycles. The van der Waals surface area contributed by atoms with Gasteiger partial charge in [-0.25, -0.2) is 0 Å². The standard InChI is InChI=1S/C14H13BBrNO/c15-8-1-2-11-7-9-17(14(18)10-11)13-5-3-12(16)4-6-13/h3-7,9-10H,1-2,8H2. The predicted molar refractivity (Wildman–Crippen MR) is 78.6 cm³/mol. The Morgan fingerprint density at radius 1 is 1.17 bits per heavy atom. The molecule has 0 N–H and O–H groups in total. The number of pyridine rings is 1. The summed E-state index contributed by atoms with van der Waals surface area (Å²) in [6, 6.07) is 11.3. The molecule has 0 aliphatic heterocycles. The van der Waals surface area contributed by atoms with Gasteiger partial charge in [0.05, 0.1) is 7.85 Å². The zero-order valence-corrected chi connectivity index (χ0v) is 11.6. The number of benzene rings is 1. The summed E-state index contributed by atoms with van der Waals surface area (Å²) >= 11 is 3.38. The number of hydrogen-bond donors (Lipinski definition) is 0. The van der Waals surface area contributed by atoms with Gasteiger partial charge >= 0.3 is 0 Å².